The third-order valence-corrected chi connectivity index (χ3v) is 5.59. The van der Waals surface area contributed by atoms with Gasteiger partial charge in [-0.15, -0.1) is 0 Å². The molecule has 1 aromatic rings. The SMILES string of the molecule is CC(C)c1cccc(C(C)C)c1NC(=S)N1CCC2(CC1)OCCO2. The van der Waals surface area contributed by atoms with Crippen molar-refractivity contribution >= 4 is 23.0 Å². The lowest BCUT2D eigenvalue weighted by molar-refractivity contribution is -0.180. The van der Waals surface area contributed by atoms with Gasteiger partial charge in [0, 0.05) is 31.6 Å². The van der Waals surface area contributed by atoms with Crippen molar-refractivity contribution in [3.63, 3.8) is 0 Å². The Morgan fingerprint density at radius 2 is 1.56 bits per heavy atom. The number of benzene rings is 1. The summed E-state index contributed by atoms with van der Waals surface area (Å²) < 4.78 is 11.6. The summed E-state index contributed by atoms with van der Waals surface area (Å²) in [5.41, 5.74) is 3.83. The van der Waals surface area contributed by atoms with Gasteiger partial charge in [-0.2, -0.15) is 0 Å². The molecule has 1 N–H and O–H groups in total. The number of thiocarbonyl (C=S) groups is 1. The highest BCUT2D eigenvalue weighted by atomic mass is 32.1. The molecule has 5 heteroatoms. The molecule has 0 aliphatic carbocycles. The van der Waals surface area contributed by atoms with E-state index < -0.39 is 0 Å². The molecule has 0 bridgehead atoms. The van der Waals surface area contributed by atoms with Crippen LogP contribution in [0.5, 0.6) is 0 Å². The number of piperidine rings is 1. The summed E-state index contributed by atoms with van der Waals surface area (Å²) in [6.45, 7) is 12.1. The van der Waals surface area contributed by atoms with Crippen molar-refractivity contribution in [2.45, 2.75) is 58.2 Å². The summed E-state index contributed by atoms with van der Waals surface area (Å²) in [5, 5.41) is 4.37. The largest absolute Gasteiger partial charge is 0.349 e. The topological polar surface area (TPSA) is 33.7 Å². The molecule has 2 saturated heterocycles. The van der Waals surface area contributed by atoms with Gasteiger partial charge in [0.2, 0.25) is 0 Å². The summed E-state index contributed by atoms with van der Waals surface area (Å²) in [6, 6.07) is 6.55. The van der Waals surface area contributed by atoms with Crippen LogP contribution in [0.2, 0.25) is 0 Å². The van der Waals surface area contributed by atoms with E-state index in [2.05, 4.69) is 56.1 Å². The summed E-state index contributed by atoms with van der Waals surface area (Å²) in [6.07, 6.45) is 1.75. The minimum atomic E-state index is -0.356. The van der Waals surface area contributed by atoms with Crippen molar-refractivity contribution in [1.82, 2.24) is 4.90 Å². The van der Waals surface area contributed by atoms with E-state index in [0.717, 1.165) is 31.0 Å². The van der Waals surface area contributed by atoms with Crippen molar-refractivity contribution in [3.8, 4) is 0 Å². The van der Waals surface area contributed by atoms with Gasteiger partial charge >= 0.3 is 0 Å². The van der Waals surface area contributed by atoms with Crippen molar-refractivity contribution in [1.29, 1.82) is 0 Å². The van der Waals surface area contributed by atoms with E-state index in [4.69, 9.17) is 21.7 Å². The molecule has 2 aliphatic heterocycles. The quantitative estimate of drug-likeness (QED) is 0.803. The predicted octanol–water partition coefficient (Wildman–Crippen LogP) is 4.47. The fourth-order valence-corrected chi connectivity index (χ4v) is 4.00. The maximum Gasteiger partial charge on any atom is 0.173 e. The normalized spacial score (nSPS) is 19.8. The molecule has 2 heterocycles. The Kier molecular flexibility index (Phi) is 5.66. The van der Waals surface area contributed by atoms with Gasteiger partial charge in [0.1, 0.15) is 0 Å². The molecule has 0 amide bonds. The summed E-state index contributed by atoms with van der Waals surface area (Å²) in [5.74, 6) is 0.549. The minimum Gasteiger partial charge on any atom is -0.349 e. The average molecular weight is 363 g/mol. The van der Waals surface area contributed by atoms with Gasteiger partial charge in [0.15, 0.2) is 10.9 Å². The third kappa shape index (κ3) is 3.99. The lowest BCUT2D eigenvalue weighted by Crippen LogP contribution is -2.48. The first kappa shape index (κ1) is 18.6. The summed E-state index contributed by atoms with van der Waals surface area (Å²) in [7, 11) is 0. The van der Waals surface area contributed by atoms with Crippen molar-refractivity contribution in [2.24, 2.45) is 0 Å². The van der Waals surface area contributed by atoms with Crippen LogP contribution in [0.15, 0.2) is 18.2 Å². The van der Waals surface area contributed by atoms with Gasteiger partial charge in [-0.05, 0) is 35.2 Å². The molecule has 1 aromatic carbocycles. The monoisotopic (exact) mass is 362 g/mol. The van der Waals surface area contributed by atoms with Crippen LogP contribution < -0.4 is 5.32 Å². The van der Waals surface area contributed by atoms with Crippen LogP contribution in [0.3, 0.4) is 0 Å². The fourth-order valence-electron chi connectivity index (χ4n) is 3.72. The molecule has 4 nitrogen and oxygen atoms in total. The Morgan fingerprint density at radius 3 is 2.04 bits per heavy atom. The number of nitrogens with zero attached hydrogens (tertiary/aromatic N) is 1. The van der Waals surface area contributed by atoms with Gasteiger partial charge in [-0.25, -0.2) is 0 Å². The number of ether oxygens (including phenoxy) is 2. The molecule has 138 valence electrons. The number of hydrogen-bond acceptors (Lipinski definition) is 3. The highest BCUT2D eigenvalue weighted by Gasteiger charge is 2.40. The first-order chi connectivity index (χ1) is 11.9. The molecule has 0 unspecified atom stereocenters. The van der Waals surface area contributed by atoms with Crippen LogP contribution in [-0.2, 0) is 9.47 Å². The van der Waals surface area contributed by atoms with Crippen molar-refractivity contribution in [3.05, 3.63) is 29.3 Å². The number of anilines is 1. The first-order valence-corrected chi connectivity index (χ1v) is 9.79. The Morgan fingerprint density at radius 1 is 1.04 bits per heavy atom. The van der Waals surface area contributed by atoms with E-state index in [1.165, 1.54) is 16.8 Å². The van der Waals surface area contributed by atoms with E-state index in [9.17, 15) is 0 Å². The number of hydrogen-bond donors (Lipinski definition) is 1. The lowest BCUT2D eigenvalue weighted by atomic mass is 9.92. The zero-order valence-corrected chi connectivity index (χ0v) is 16.6. The lowest BCUT2D eigenvalue weighted by Gasteiger charge is -2.39. The smallest absolute Gasteiger partial charge is 0.173 e. The summed E-state index contributed by atoms with van der Waals surface area (Å²) >= 11 is 5.74. The Labute approximate surface area is 156 Å². The Bertz CT molecular complexity index is 588. The zero-order valence-electron chi connectivity index (χ0n) is 15.8. The third-order valence-electron chi connectivity index (χ3n) is 5.23. The highest BCUT2D eigenvalue weighted by molar-refractivity contribution is 7.80. The fraction of sp³-hybridized carbons (Fsp3) is 0.650. The molecule has 0 atom stereocenters. The van der Waals surface area contributed by atoms with Gasteiger partial charge in [0.05, 0.1) is 13.2 Å². The highest BCUT2D eigenvalue weighted by Crippen LogP contribution is 2.34. The molecular formula is C20H30N2O2S. The maximum atomic E-state index is 5.82. The number of likely N-dealkylation sites (tertiary alicyclic amines) is 1. The molecule has 0 radical (unpaired) electrons. The van der Waals surface area contributed by atoms with Crippen LogP contribution in [0.25, 0.3) is 0 Å². The molecule has 3 rings (SSSR count). The van der Waals surface area contributed by atoms with E-state index >= 15 is 0 Å². The molecule has 25 heavy (non-hydrogen) atoms. The standard InChI is InChI=1S/C20H30N2O2S/c1-14(2)16-6-5-7-17(15(3)4)18(16)21-19(25)22-10-8-20(9-11-22)23-12-13-24-20/h5-7,14-15H,8-13H2,1-4H3,(H,21,25). The second-order valence-electron chi connectivity index (χ2n) is 7.65. The van der Waals surface area contributed by atoms with E-state index in [0.29, 0.717) is 25.0 Å². The van der Waals surface area contributed by atoms with E-state index in [-0.39, 0.29) is 5.79 Å². The van der Waals surface area contributed by atoms with Gasteiger partial charge in [-0.1, -0.05) is 45.9 Å². The predicted molar refractivity (Wildman–Crippen MR) is 106 cm³/mol. The summed E-state index contributed by atoms with van der Waals surface area (Å²) in [4.78, 5) is 2.24. The van der Waals surface area contributed by atoms with Crippen LogP contribution in [0.1, 0.15) is 63.5 Å². The Balaban J connectivity index is 1.73. The minimum absolute atomic E-state index is 0.356. The Hall–Kier alpha value is -1.17. The van der Waals surface area contributed by atoms with E-state index in [1.54, 1.807) is 0 Å². The van der Waals surface area contributed by atoms with Gasteiger partial charge in [-0.3, -0.25) is 0 Å². The number of rotatable bonds is 3. The van der Waals surface area contributed by atoms with Crippen molar-refractivity contribution < 1.29 is 9.47 Å². The zero-order chi connectivity index (χ0) is 18.0. The molecule has 0 saturated carbocycles. The van der Waals surface area contributed by atoms with Gasteiger partial charge < -0.3 is 19.7 Å². The molecule has 1 spiro atoms. The van der Waals surface area contributed by atoms with Crippen LogP contribution >= 0.6 is 12.2 Å². The number of nitrogens with one attached hydrogen (secondary N) is 1. The second kappa shape index (κ2) is 7.60. The van der Waals surface area contributed by atoms with Crippen LogP contribution in [0, 0.1) is 0 Å². The van der Waals surface area contributed by atoms with E-state index in [1.807, 2.05) is 0 Å². The van der Waals surface area contributed by atoms with Crippen LogP contribution in [-0.4, -0.2) is 42.1 Å². The second-order valence-corrected chi connectivity index (χ2v) is 8.03. The van der Waals surface area contributed by atoms with Crippen LogP contribution in [0.4, 0.5) is 5.69 Å². The molecular weight excluding hydrogens is 332 g/mol. The molecule has 0 aromatic heterocycles. The van der Waals surface area contributed by atoms with Crippen molar-refractivity contribution in [2.75, 3.05) is 31.6 Å². The first-order valence-electron chi connectivity index (χ1n) is 9.38. The number of para-hydroxylation sites is 1. The average Bonchev–Trinajstić information content (AvgIpc) is 3.03. The maximum absolute atomic E-state index is 5.82. The molecule has 2 aliphatic rings. The molecule has 2 fully saturated rings. The van der Waals surface area contributed by atoms with Gasteiger partial charge in [0.25, 0.3) is 0 Å².